The number of carbonyl (C=O) groups excluding carboxylic acids is 1. The van der Waals surface area contributed by atoms with E-state index >= 15 is 0 Å². The number of nitrogens with zero attached hydrogens (tertiary/aromatic N) is 4. The molecular weight excluding hydrogens is 389 g/mol. The molecule has 0 aliphatic heterocycles. The quantitative estimate of drug-likeness (QED) is 0.545. The summed E-state index contributed by atoms with van der Waals surface area (Å²) in [6.45, 7) is 0. The first-order valence-corrected chi connectivity index (χ1v) is 8.27. The fourth-order valence-electron chi connectivity index (χ4n) is 2.80. The van der Waals surface area contributed by atoms with E-state index in [1.54, 1.807) is 6.07 Å². The lowest BCUT2D eigenvalue weighted by molar-refractivity contribution is -0.145. The second-order valence-electron chi connectivity index (χ2n) is 5.92. The largest absolute Gasteiger partial charge is 0.497 e. The number of aromatic amines is 1. The lowest BCUT2D eigenvalue weighted by Crippen LogP contribution is -2.15. The molecule has 0 unspecified atom stereocenters. The van der Waals surface area contributed by atoms with E-state index in [0.29, 0.717) is 5.75 Å². The molecule has 148 valence electrons. The van der Waals surface area contributed by atoms with Crippen LogP contribution in [0.3, 0.4) is 0 Å². The van der Waals surface area contributed by atoms with Gasteiger partial charge in [0.1, 0.15) is 11.6 Å². The lowest BCUT2D eigenvalue weighted by atomic mass is 10.3. The molecule has 0 fully saturated rings. The third-order valence-electron chi connectivity index (χ3n) is 4.08. The van der Waals surface area contributed by atoms with Crippen molar-refractivity contribution in [1.82, 2.24) is 24.5 Å². The Balaban J connectivity index is 1.73. The molecule has 0 atom stereocenters. The van der Waals surface area contributed by atoms with E-state index in [9.17, 15) is 18.0 Å². The summed E-state index contributed by atoms with van der Waals surface area (Å²) in [5.41, 5.74) is 0.514. The molecule has 0 aliphatic carbocycles. The van der Waals surface area contributed by atoms with Gasteiger partial charge in [0.15, 0.2) is 5.82 Å². The maximum absolute atomic E-state index is 13.6. The maximum atomic E-state index is 13.6. The van der Waals surface area contributed by atoms with Gasteiger partial charge in [0.2, 0.25) is 5.82 Å². The second kappa shape index (κ2) is 6.93. The zero-order valence-electron chi connectivity index (χ0n) is 14.9. The Bertz CT molecular complexity index is 1170. The molecule has 0 aliphatic rings. The summed E-state index contributed by atoms with van der Waals surface area (Å²) in [6.07, 6.45) is -0.552. The predicted molar refractivity (Wildman–Crippen MR) is 97.0 cm³/mol. The summed E-state index contributed by atoms with van der Waals surface area (Å²) in [5.74, 6) is -0.967. The van der Waals surface area contributed by atoms with Crippen LogP contribution in [0.15, 0.2) is 48.9 Å². The molecule has 0 bridgehead atoms. The number of rotatable bonds is 4. The number of aromatic nitrogens is 5. The highest BCUT2D eigenvalue weighted by Crippen LogP contribution is 2.34. The number of halogens is 3. The third-order valence-corrected chi connectivity index (χ3v) is 4.08. The summed E-state index contributed by atoms with van der Waals surface area (Å²) in [6, 6.07) is 7.26. The second-order valence-corrected chi connectivity index (χ2v) is 5.92. The van der Waals surface area contributed by atoms with E-state index in [2.05, 4.69) is 25.3 Å². The number of anilines is 1. The Labute approximate surface area is 161 Å². The Hall–Kier alpha value is -3.89. The van der Waals surface area contributed by atoms with Crippen molar-refractivity contribution in [3.8, 4) is 11.4 Å². The molecule has 11 heteroatoms. The van der Waals surface area contributed by atoms with Crippen molar-refractivity contribution in [2.75, 3.05) is 12.4 Å². The van der Waals surface area contributed by atoms with E-state index < -0.39 is 17.9 Å². The fraction of sp³-hybridized carbons (Fsp3) is 0.111. The Morgan fingerprint density at radius 2 is 2.03 bits per heavy atom. The van der Waals surface area contributed by atoms with E-state index in [1.165, 1.54) is 50.0 Å². The van der Waals surface area contributed by atoms with Crippen LogP contribution in [0.4, 0.5) is 19.0 Å². The smallest absolute Gasteiger partial charge is 0.450 e. The molecule has 0 saturated heterocycles. The molecule has 4 aromatic rings. The van der Waals surface area contributed by atoms with Gasteiger partial charge in [0.25, 0.3) is 5.91 Å². The highest BCUT2D eigenvalue weighted by molar-refractivity contribution is 6.00. The monoisotopic (exact) mass is 402 g/mol. The van der Waals surface area contributed by atoms with Crippen LogP contribution >= 0.6 is 0 Å². The maximum Gasteiger partial charge on any atom is 0.450 e. The normalized spacial score (nSPS) is 11.6. The van der Waals surface area contributed by atoms with Crippen molar-refractivity contribution in [3.63, 3.8) is 0 Å². The first kappa shape index (κ1) is 18.5. The van der Waals surface area contributed by atoms with Crippen molar-refractivity contribution >= 4 is 22.8 Å². The fourth-order valence-corrected chi connectivity index (χ4v) is 2.80. The number of hydrogen-bond donors (Lipinski definition) is 2. The molecule has 2 N–H and O–H groups in total. The van der Waals surface area contributed by atoms with E-state index in [1.807, 2.05) is 0 Å². The van der Waals surface area contributed by atoms with Gasteiger partial charge < -0.3 is 15.0 Å². The first-order valence-electron chi connectivity index (χ1n) is 8.27. The summed E-state index contributed by atoms with van der Waals surface area (Å²) in [4.78, 5) is 26.2. The van der Waals surface area contributed by atoms with Crippen molar-refractivity contribution in [2.24, 2.45) is 0 Å². The lowest BCUT2D eigenvalue weighted by Gasteiger charge is -2.12. The number of nitrogens with one attached hydrogen (secondary N) is 2. The molecule has 3 heterocycles. The van der Waals surface area contributed by atoms with Crippen molar-refractivity contribution in [1.29, 1.82) is 0 Å². The summed E-state index contributed by atoms with van der Waals surface area (Å²) in [7, 11) is 1.42. The van der Waals surface area contributed by atoms with Crippen LogP contribution in [0.1, 0.15) is 16.4 Å². The SMILES string of the molecule is COc1ccc2c(c1)nc(C(F)(F)F)n2-c1ccc(NC(=O)c2ncc[nH]2)nc1. The number of methoxy groups -OCH3 is 1. The highest BCUT2D eigenvalue weighted by atomic mass is 19.4. The minimum absolute atomic E-state index is 0.0878. The Kier molecular flexibility index (Phi) is 4.41. The molecule has 1 aromatic carbocycles. The topological polar surface area (TPSA) is 97.7 Å². The minimum atomic E-state index is -4.68. The highest BCUT2D eigenvalue weighted by Gasteiger charge is 2.38. The zero-order chi connectivity index (χ0) is 20.6. The summed E-state index contributed by atoms with van der Waals surface area (Å²) >= 11 is 0. The van der Waals surface area contributed by atoms with Gasteiger partial charge in [-0.3, -0.25) is 9.36 Å². The van der Waals surface area contributed by atoms with Gasteiger partial charge in [-0.1, -0.05) is 0 Å². The number of benzene rings is 1. The van der Waals surface area contributed by atoms with Crippen LogP contribution in [-0.2, 0) is 6.18 Å². The van der Waals surface area contributed by atoms with Crippen molar-refractivity contribution < 1.29 is 22.7 Å². The standard InChI is InChI=1S/C18H13F3N6O2/c1-29-11-3-4-13-12(8-11)25-17(18(19,20)21)27(13)10-2-5-14(24-9-10)26-16(28)15-22-6-7-23-15/h2-9H,1H3,(H,22,23)(H,24,26,28). The van der Waals surface area contributed by atoms with Gasteiger partial charge in [0.05, 0.1) is 30.0 Å². The van der Waals surface area contributed by atoms with E-state index in [-0.39, 0.29) is 28.4 Å². The molecule has 8 nitrogen and oxygen atoms in total. The molecule has 4 rings (SSSR count). The third kappa shape index (κ3) is 3.49. The molecule has 0 spiro atoms. The Morgan fingerprint density at radius 3 is 2.66 bits per heavy atom. The molecule has 29 heavy (non-hydrogen) atoms. The number of imidazole rings is 2. The van der Waals surface area contributed by atoms with Gasteiger partial charge in [-0.15, -0.1) is 0 Å². The number of alkyl halides is 3. The van der Waals surface area contributed by atoms with Gasteiger partial charge in [-0.05, 0) is 24.3 Å². The number of ether oxygens (including phenoxy) is 1. The van der Waals surface area contributed by atoms with E-state index in [4.69, 9.17) is 4.74 Å². The number of amides is 1. The van der Waals surface area contributed by atoms with E-state index in [0.717, 1.165) is 4.57 Å². The van der Waals surface area contributed by atoms with Crippen LogP contribution in [0.5, 0.6) is 5.75 Å². The summed E-state index contributed by atoms with van der Waals surface area (Å²) < 4.78 is 46.7. The number of H-pyrrole nitrogens is 1. The van der Waals surface area contributed by atoms with Crippen LogP contribution < -0.4 is 10.1 Å². The number of fused-ring (bicyclic) bond motifs is 1. The van der Waals surface area contributed by atoms with Crippen LogP contribution in [-0.4, -0.2) is 37.5 Å². The van der Waals surface area contributed by atoms with Gasteiger partial charge in [-0.25, -0.2) is 15.0 Å². The van der Waals surface area contributed by atoms with Gasteiger partial charge in [0, 0.05) is 18.5 Å². The molecular formula is C18H13F3N6O2. The van der Waals surface area contributed by atoms with Crippen molar-refractivity contribution in [2.45, 2.75) is 6.18 Å². The zero-order valence-corrected chi connectivity index (χ0v) is 14.9. The van der Waals surface area contributed by atoms with Gasteiger partial charge in [-0.2, -0.15) is 13.2 Å². The average Bonchev–Trinajstić information content (AvgIpc) is 3.36. The summed E-state index contributed by atoms with van der Waals surface area (Å²) in [5, 5.41) is 2.51. The molecule has 0 saturated carbocycles. The van der Waals surface area contributed by atoms with Crippen LogP contribution in [0.25, 0.3) is 16.7 Å². The molecule has 1 amide bonds. The number of hydrogen-bond acceptors (Lipinski definition) is 5. The van der Waals surface area contributed by atoms with Crippen LogP contribution in [0, 0.1) is 0 Å². The Morgan fingerprint density at radius 1 is 1.21 bits per heavy atom. The van der Waals surface area contributed by atoms with Crippen molar-refractivity contribution in [3.05, 3.63) is 60.6 Å². The number of pyridine rings is 1. The molecule has 3 aromatic heterocycles. The predicted octanol–water partition coefficient (Wildman–Crippen LogP) is 3.42. The van der Waals surface area contributed by atoms with Gasteiger partial charge >= 0.3 is 6.18 Å². The van der Waals surface area contributed by atoms with Crippen LogP contribution in [0.2, 0.25) is 0 Å². The minimum Gasteiger partial charge on any atom is -0.497 e. The number of carbonyl (C=O) groups is 1. The first-order chi connectivity index (χ1) is 13.9. The average molecular weight is 402 g/mol. The molecule has 0 radical (unpaired) electrons.